The molecule has 1 saturated heterocycles. The summed E-state index contributed by atoms with van der Waals surface area (Å²) in [5.74, 6) is -0.193. The number of carbonyl (C=O) groups excluding carboxylic acids is 1. The number of halogens is 1. The van der Waals surface area contributed by atoms with E-state index in [-0.39, 0.29) is 32.0 Å². The summed E-state index contributed by atoms with van der Waals surface area (Å²) in [5, 5.41) is 32.8. The van der Waals surface area contributed by atoms with Crippen molar-refractivity contribution in [1.29, 1.82) is 0 Å². The van der Waals surface area contributed by atoms with E-state index in [1.165, 1.54) is 4.90 Å². The standard InChI is InChI=1S/C15H21ClN2O4/c16-12-3-1-11(2-4-12)14(21)18-7-5-15(22,13(20)9-18)10-17-6-8-19/h1-4,13,17,19-20,22H,5-10H2/t13-,15-/m0/s1. The third-order valence-electron chi connectivity index (χ3n) is 3.93. The van der Waals surface area contributed by atoms with Crippen molar-refractivity contribution in [3.63, 3.8) is 0 Å². The van der Waals surface area contributed by atoms with Gasteiger partial charge in [-0.05, 0) is 30.7 Å². The minimum atomic E-state index is -1.29. The summed E-state index contributed by atoms with van der Waals surface area (Å²) < 4.78 is 0. The van der Waals surface area contributed by atoms with Gasteiger partial charge >= 0.3 is 0 Å². The zero-order valence-electron chi connectivity index (χ0n) is 12.2. The number of β-amino-alcohol motifs (C(OH)–C–C–N with tert-alkyl or cyclic N) is 1. The molecule has 6 nitrogen and oxygen atoms in total. The van der Waals surface area contributed by atoms with Crippen molar-refractivity contribution < 1.29 is 20.1 Å². The summed E-state index contributed by atoms with van der Waals surface area (Å²) in [4.78, 5) is 13.9. The van der Waals surface area contributed by atoms with Gasteiger partial charge < -0.3 is 25.5 Å². The van der Waals surface area contributed by atoms with Gasteiger partial charge in [0.25, 0.3) is 5.91 Å². The monoisotopic (exact) mass is 328 g/mol. The molecule has 1 aliphatic heterocycles. The molecule has 1 amide bonds. The van der Waals surface area contributed by atoms with E-state index in [9.17, 15) is 15.0 Å². The Morgan fingerprint density at radius 3 is 2.68 bits per heavy atom. The molecule has 2 atom stereocenters. The highest BCUT2D eigenvalue weighted by molar-refractivity contribution is 6.30. The molecule has 7 heteroatoms. The van der Waals surface area contributed by atoms with Crippen molar-refractivity contribution in [1.82, 2.24) is 10.2 Å². The van der Waals surface area contributed by atoms with E-state index in [1.807, 2.05) is 0 Å². The summed E-state index contributed by atoms with van der Waals surface area (Å²) >= 11 is 5.80. The third-order valence-corrected chi connectivity index (χ3v) is 4.18. The highest BCUT2D eigenvalue weighted by Crippen LogP contribution is 2.23. The number of rotatable bonds is 5. The van der Waals surface area contributed by atoms with E-state index in [0.29, 0.717) is 23.7 Å². The van der Waals surface area contributed by atoms with Crippen LogP contribution in [0, 0.1) is 0 Å². The number of hydrogen-bond donors (Lipinski definition) is 4. The van der Waals surface area contributed by atoms with Crippen LogP contribution < -0.4 is 5.32 Å². The second-order valence-corrected chi connectivity index (χ2v) is 5.96. The molecule has 0 radical (unpaired) electrons. The molecule has 0 spiro atoms. The zero-order valence-corrected chi connectivity index (χ0v) is 13.0. The van der Waals surface area contributed by atoms with Crippen molar-refractivity contribution in [3.8, 4) is 0 Å². The van der Waals surface area contributed by atoms with Crippen LogP contribution >= 0.6 is 11.6 Å². The van der Waals surface area contributed by atoms with Crippen molar-refractivity contribution in [2.45, 2.75) is 18.1 Å². The fraction of sp³-hybridized carbons (Fsp3) is 0.533. The lowest BCUT2D eigenvalue weighted by Crippen LogP contribution is -2.60. The maximum Gasteiger partial charge on any atom is 0.253 e. The van der Waals surface area contributed by atoms with Crippen molar-refractivity contribution >= 4 is 17.5 Å². The minimum Gasteiger partial charge on any atom is -0.395 e. The normalized spacial score (nSPS) is 25.3. The Morgan fingerprint density at radius 1 is 1.41 bits per heavy atom. The molecule has 1 aliphatic rings. The Balaban J connectivity index is 1.97. The van der Waals surface area contributed by atoms with Crippen LogP contribution in [0.3, 0.4) is 0 Å². The molecule has 0 aliphatic carbocycles. The first-order chi connectivity index (χ1) is 10.5. The first kappa shape index (κ1) is 17.2. The van der Waals surface area contributed by atoms with Gasteiger partial charge in [-0.2, -0.15) is 0 Å². The Morgan fingerprint density at radius 2 is 2.09 bits per heavy atom. The average Bonchev–Trinajstić information content (AvgIpc) is 2.51. The zero-order chi connectivity index (χ0) is 16.2. The summed E-state index contributed by atoms with van der Waals surface area (Å²) in [6.45, 7) is 0.919. The molecule has 4 N–H and O–H groups in total. The predicted octanol–water partition coefficient (Wildman–Crippen LogP) is -0.140. The van der Waals surface area contributed by atoms with Crippen LogP contribution in [0.15, 0.2) is 24.3 Å². The van der Waals surface area contributed by atoms with Gasteiger partial charge in [0.1, 0.15) is 11.7 Å². The van der Waals surface area contributed by atoms with Crippen molar-refractivity contribution in [3.05, 3.63) is 34.9 Å². The average molecular weight is 329 g/mol. The number of piperidine rings is 1. The van der Waals surface area contributed by atoms with Gasteiger partial charge in [-0.3, -0.25) is 4.79 Å². The lowest BCUT2D eigenvalue weighted by Gasteiger charge is -2.42. The molecule has 0 bridgehead atoms. The van der Waals surface area contributed by atoms with Crippen LogP contribution in [0.2, 0.25) is 5.02 Å². The van der Waals surface area contributed by atoms with E-state index in [2.05, 4.69) is 5.32 Å². The molecule has 1 fully saturated rings. The first-order valence-corrected chi connectivity index (χ1v) is 7.61. The summed E-state index contributed by atoms with van der Waals surface area (Å²) in [6.07, 6.45) is -0.768. The lowest BCUT2D eigenvalue weighted by atomic mass is 9.88. The summed E-state index contributed by atoms with van der Waals surface area (Å²) in [5.41, 5.74) is -0.785. The van der Waals surface area contributed by atoms with Gasteiger partial charge in [0.05, 0.1) is 6.61 Å². The summed E-state index contributed by atoms with van der Waals surface area (Å²) in [7, 11) is 0. The van der Waals surface area contributed by atoms with Crippen LogP contribution in [0.5, 0.6) is 0 Å². The topological polar surface area (TPSA) is 93.0 Å². The highest BCUT2D eigenvalue weighted by Gasteiger charge is 2.41. The number of likely N-dealkylation sites (tertiary alicyclic amines) is 1. The number of amides is 1. The molecular weight excluding hydrogens is 308 g/mol. The van der Waals surface area contributed by atoms with Crippen LogP contribution in [0.25, 0.3) is 0 Å². The third kappa shape index (κ3) is 3.97. The molecule has 0 saturated carbocycles. The Labute approximate surface area is 134 Å². The number of benzene rings is 1. The smallest absolute Gasteiger partial charge is 0.253 e. The molecule has 22 heavy (non-hydrogen) atoms. The quantitative estimate of drug-likeness (QED) is 0.565. The minimum absolute atomic E-state index is 0.0344. The molecule has 0 unspecified atom stereocenters. The second kappa shape index (κ2) is 7.39. The number of carbonyl (C=O) groups is 1. The Kier molecular flexibility index (Phi) is 5.77. The molecule has 1 heterocycles. The largest absolute Gasteiger partial charge is 0.395 e. The second-order valence-electron chi connectivity index (χ2n) is 5.53. The van der Waals surface area contributed by atoms with E-state index in [1.54, 1.807) is 24.3 Å². The molecule has 1 aromatic carbocycles. The van der Waals surface area contributed by atoms with Gasteiger partial charge in [0, 0.05) is 36.8 Å². The van der Waals surface area contributed by atoms with Gasteiger partial charge in [0.2, 0.25) is 0 Å². The fourth-order valence-electron chi connectivity index (χ4n) is 2.51. The van der Waals surface area contributed by atoms with Crippen LogP contribution in [0.1, 0.15) is 16.8 Å². The van der Waals surface area contributed by atoms with E-state index < -0.39 is 11.7 Å². The summed E-state index contributed by atoms with van der Waals surface area (Å²) in [6, 6.07) is 6.57. The van der Waals surface area contributed by atoms with E-state index in [0.717, 1.165) is 0 Å². The van der Waals surface area contributed by atoms with E-state index >= 15 is 0 Å². The molecule has 0 aromatic heterocycles. The van der Waals surface area contributed by atoms with Crippen LogP contribution in [-0.4, -0.2) is 70.6 Å². The molecule has 2 rings (SSSR count). The molecule has 122 valence electrons. The predicted molar refractivity (Wildman–Crippen MR) is 82.9 cm³/mol. The first-order valence-electron chi connectivity index (χ1n) is 7.23. The number of aliphatic hydroxyl groups is 3. The fourth-order valence-corrected chi connectivity index (χ4v) is 2.64. The van der Waals surface area contributed by atoms with Crippen molar-refractivity contribution in [2.75, 3.05) is 32.8 Å². The number of nitrogens with zero attached hydrogens (tertiary/aromatic N) is 1. The Hall–Kier alpha value is -1.18. The SMILES string of the molecule is O=C(c1ccc(Cl)cc1)N1CC[C@](O)(CNCCO)[C@@H](O)C1. The van der Waals surface area contributed by atoms with Gasteiger partial charge in [-0.25, -0.2) is 0 Å². The van der Waals surface area contributed by atoms with E-state index in [4.69, 9.17) is 16.7 Å². The van der Waals surface area contributed by atoms with Crippen LogP contribution in [-0.2, 0) is 0 Å². The number of nitrogens with one attached hydrogen (secondary N) is 1. The highest BCUT2D eigenvalue weighted by atomic mass is 35.5. The maximum atomic E-state index is 12.4. The lowest BCUT2D eigenvalue weighted by molar-refractivity contribution is -0.110. The molecular formula is C15H21ClN2O4. The Bertz CT molecular complexity index is 511. The van der Waals surface area contributed by atoms with Gasteiger partial charge in [0.15, 0.2) is 0 Å². The van der Waals surface area contributed by atoms with Crippen molar-refractivity contribution in [2.24, 2.45) is 0 Å². The van der Waals surface area contributed by atoms with Crippen LogP contribution in [0.4, 0.5) is 0 Å². The maximum absolute atomic E-state index is 12.4. The number of aliphatic hydroxyl groups excluding tert-OH is 2. The molecule has 1 aromatic rings. The number of hydrogen-bond acceptors (Lipinski definition) is 5. The van der Waals surface area contributed by atoms with Gasteiger partial charge in [-0.1, -0.05) is 11.6 Å². The van der Waals surface area contributed by atoms with Gasteiger partial charge in [-0.15, -0.1) is 0 Å².